The Hall–Kier alpha value is -1.60. The van der Waals surface area contributed by atoms with Gasteiger partial charge < -0.3 is 9.64 Å². The number of carbonyl (C=O) groups is 1. The van der Waals surface area contributed by atoms with E-state index in [0.29, 0.717) is 5.92 Å². The Morgan fingerprint density at radius 3 is 2.57 bits per heavy atom. The Morgan fingerprint density at radius 1 is 1.29 bits per heavy atom. The minimum Gasteiger partial charge on any atom is -0.444 e. The van der Waals surface area contributed by atoms with E-state index < -0.39 is 15.6 Å². The van der Waals surface area contributed by atoms with Crippen LogP contribution in [-0.4, -0.2) is 37.1 Å². The lowest BCUT2D eigenvalue weighted by molar-refractivity contribution is 0.0131. The second kappa shape index (κ2) is 8.41. The average molecular weight is 411 g/mol. The molecule has 2 rings (SSSR count). The first-order valence-electron chi connectivity index (χ1n) is 9.90. The van der Waals surface area contributed by atoms with Gasteiger partial charge in [0, 0.05) is 12.1 Å². The Kier molecular flexibility index (Phi) is 6.82. The van der Waals surface area contributed by atoms with E-state index in [2.05, 4.69) is 13.8 Å². The van der Waals surface area contributed by atoms with Crippen LogP contribution in [0.25, 0.3) is 0 Å². The average Bonchev–Trinajstić information content (AvgIpc) is 2.84. The number of likely N-dealkylation sites (tertiary alicyclic amines) is 1. The molecule has 0 spiro atoms. The lowest BCUT2D eigenvalue weighted by Gasteiger charge is -2.33. The Bertz CT molecular complexity index is 797. The summed E-state index contributed by atoms with van der Waals surface area (Å²) in [6.07, 6.45) is 4.58. The fourth-order valence-corrected chi connectivity index (χ4v) is 4.44. The van der Waals surface area contributed by atoms with Crippen LogP contribution in [0, 0.1) is 5.92 Å². The van der Waals surface area contributed by atoms with Crippen molar-refractivity contribution in [2.75, 3.05) is 6.54 Å². The maximum absolute atomic E-state index is 12.5. The topological polar surface area (TPSA) is 89.7 Å². The third-order valence-corrected chi connectivity index (χ3v) is 6.04. The van der Waals surface area contributed by atoms with E-state index >= 15 is 0 Å². The van der Waals surface area contributed by atoms with Crippen LogP contribution in [0.15, 0.2) is 29.2 Å². The quantitative estimate of drug-likeness (QED) is 0.716. The summed E-state index contributed by atoms with van der Waals surface area (Å²) in [4.78, 5) is 14.5. The van der Waals surface area contributed by atoms with E-state index in [9.17, 15) is 13.2 Å². The van der Waals surface area contributed by atoms with Gasteiger partial charge in [-0.05, 0) is 83.9 Å². The fourth-order valence-electron chi connectivity index (χ4n) is 3.86. The summed E-state index contributed by atoms with van der Waals surface area (Å²) >= 11 is 0. The molecule has 1 aromatic carbocycles. The maximum Gasteiger partial charge on any atom is 0.410 e. The van der Waals surface area contributed by atoms with Crippen molar-refractivity contribution < 1.29 is 17.9 Å². The summed E-state index contributed by atoms with van der Waals surface area (Å²) in [5.41, 5.74) is 0.293. The largest absolute Gasteiger partial charge is 0.444 e. The fraction of sp³-hybridized carbons (Fsp3) is 0.667. The summed E-state index contributed by atoms with van der Waals surface area (Å²) in [5.74, 6) is 0.457. The number of amides is 1. The predicted molar refractivity (Wildman–Crippen MR) is 110 cm³/mol. The van der Waals surface area contributed by atoms with Crippen LogP contribution >= 0.6 is 0 Å². The first-order chi connectivity index (χ1) is 12.8. The molecule has 7 heteroatoms. The number of hydrogen-bond donors (Lipinski definition) is 1. The first kappa shape index (κ1) is 22.7. The van der Waals surface area contributed by atoms with Gasteiger partial charge in [-0.1, -0.05) is 18.6 Å². The smallest absolute Gasteiger partial charge is 0.410 e. The van der Waals surface area contributed by atoms with Gasteiger partial charge in [-0.3, -0.25) is 0 Å². The van der Waals surface area contributed by atoms with Gasteiger partial charge in [-0.25, -0.2) is 18.4 Å². The zero-order chi connectivity index (χ0) is 21.2. The molecular formula is C21H34N2O4S. The second-order valence-electron chi connectivity index (χ2n) is 9.41. The molecule has 28 heavy (non-hydrogen) atoms. The molecule has 0 aliphatic carbocycles. The van der Waals surface area contributed by atoms with Crippen LogP contribution in [0.3, 0.4) is 0 Å². The summed E-state index contributed by atoms with van der Waals surface area (Å²) in [6, 6.07) is 6.83. The molecule has 1 aliphatic rings. The molecule has 0 bridgehead atoms. The number of primary sulfonamides is 1. The molecule has 1 aliphatic heterocycles. The normalized spacial score (nSPS) is 19.6. The molecule has 1 heterocycles. The highest BCUT2D eigenvalue weighted by atomic mass is 32.2. The van der Waals surface area contributed by atoms with Gasteiger partial charge >= 0.3 is 6.09 Å². The minimum atomic E-state index is -3.66. The van der Waals surface area contributed by atoms with Crippen LogP contribution in [0.5, 0.6) is 0 Å². The van der Waals surface area contributed by atoms with Gasteiger partial charge in [0.05, 0.1) is 4.90 Å². The minimum absolute atomic E-state index is 0.163. The van der Waals surface area contributed by atoms with Crippen molar-refractivity contribution >= 4 is 16.1 Å². The van der Waals surface area contributed by atoms with Gasteiger partial charge in [0.2, 0.25) is 10.0 Å². The summed E-state index contributed by atoms with van der Waals surface area (Å²) in [6.45, 7) is 10.6. The van der Waals surface area contributed by atoms with Crippen molar-refractivity contribution in [2.45, 2.75) is 82.8 Å². The standard InChI is InChI=1S/C21H34N2O4S/c1-20(2,3)27-19(24)23-15-17(14-21(23,4)5)10-7-6-9-16-11-8-12-18(13-16)28(22,25)26/h8,11-13,17H,6-7,9-10,14-15H2,1-5H3,(H2,22,25,26)/t17-/m0/s1. The predicted octanol–water partition coefficient (Wildman–Crippen LogP) is 4.08. The van der Waals surface area contributed by atoms with Crippen LogP contribution in [0.1, 0.15) is 65.9 Å². The highest BCUT2D eigenvalue weighted by Crippen LogP contribution is 2.36. The molecule has 2 N–H and O–H groups in total. The molecule has 1 fully saturated rings. The first-order valence-corrected chi connectivity index (χ1v) is 11.4. The van der Waals surface area contributed by atoms with E-state index in [1.807, 2.05) is 31.7 Å². The third kappa shape index (κ3) is 6.48. The number of nitrogens with two attached hydrogens (primary N) is 1. The van der Waals surface area contributed by atoms with Crippen molar-refractivity contribution in [1.82, 2.24) is 4.90 Å². The molecule has 0 saturated carbocycles. The molecule has 6 nitrogen and oxygen atoms in total. The SMILES string of the molecule is CC(C)(C)OC(=O)N1C[C@@H](CCCCc2cccc(S(N)(=O)=O)c2)CC1(C)C. The van der Waals surface area contributed by atoms with Crippen molar-refractivity contribution in [2.24, 2.45) is 11.1 Å². The number of unbranched alkanes of at least 4 members (excludes halogenated alkanes) is 1. The molecule has 1 aromatic rings. The lowest BCUT2D eigenvalue weighted by Crippen LogP contribution is -2.45. The zero-order valence-electron chi connectivity index (χ0n) is 17.7. The molecule has 0 unspecified atom stereocenters. The van der Waals surface area contributed by atoms with E-state index in [1.54, 1.807) is 12.1 Å². The molecule has 0 aromatic heterocycles. The number of hydrogen-bond acceptors (Lipinski definition) is 4. The van der Waals surface area contributed by atoms with Gasteiger partial charge in [0.1, 0.15) is 5.60 Å². The van der Waals surface area contributed by atoms with E-state index in [1.165, 1.54) is 6.07 Å². The van der Waals surface area contributed by atoms with Crippen LogP contribution in [-0.2, 0) is 21.2 Å². The summed E-state index contributed by atoms with van der Waals surface area (Å²) in [5, 5.41) is 5.19. The number of sulfonamides is 1. The second-order valence-corrected chi connectivity index (χ2v) is 11.0. The lowest BCUT2D eigenvalue weighted by atomic mass is 9.92. The summed E-state index contributed by atoms with van der Waals surface area (Å²) < 4.78 is 28.5. The number of benzene rings is 1. The van der Waals surface area contributed by atoms with Crippen LogP contribution in [0.2, 0.25) is 0 Å². The van der Waals surface area contributed by atoms with Crippen molar-refractivity contribution in [3.05, 3.63) is 29.8 Å². The highest BCUT2D eigenvalue weighted by molar-refractivity contribution is 7.89. The van der Waals surface area contributed by atoms with Crippen molar-refractivity contribution in [1.29, 1.82) is 0 Å². The van der Waals surface area contributed by atoms with Crippen molar-refractivity contribution in [3.8, 4) is 0 Å². The van der Waals surface area contributed by atoms with E-state index in [0.717, 1.165) is 44.2 Å². The Balaban J connectivity index is 1.83. The van der Waals surface area contributed by atoms with Gasteiger partial charge in [-0.2, -0.15) is 0 Å². The van der Waals surface area contributed by atoms with Gasteiger partial charge in [0.25, 0.3) is 0 Å². The number of ether oxygens (including phenoxy) is 1. The highest BCUT2D eigenvalue weighted by Gasteiger charge is 2.42. The third-order valence-electron chi connectivity index (χ3n) is 5.13. The zero-order valence-corrected chi connectivity index (χ0v) is 18.5. The van der Waals surface area contributed by atoms with E-state index in [4.69, 9.17) is 9.88 Å². The molecule has 1 saturated heterocycles. The Morgan fingerprint density at radius 2 is 1.96 bits per heavy atom. The van der Waals surface area contributed by atoms with Crippen LogP contribution < -0.4 is 5.14 Å². The van der Waals surface area contributed by atoms with Gasteiger partial charge in [-0.15, -0.1) is 0 Å². The number of nitrogens with zero attached hydrogens (tertiary/aromatic N) is 1. The molecule has 0 radical (unpaired) electrons. The monoisotopic (exact) mass is 410 g/mol. The summed E-state index contributed by atoms with van der Waals surface area (Å²) in [7, 11) is -3.66. The van der Waals surface area contributed by atoms with Crippen molar-refractivity contribution in [3.63, 3.8) is 0 Å². The molecule has 158 valence electrons. The maximum atomic E-state index is 12.5. The molecule has 1 atom stereocenters. The Labute approximate surface area is 169 Å². The number of carbonyl (C=O) groups excluding carboxylic acids is 1. The number of aryl methyl sites for hydroxylation is 1. The van der Waals surface area contributed by atoms with Gasteiger partial charge in [0.15, 0.2) is 0 Å². The van der Waals surface area contributed by atoms with Crippen LogP contribution in [0.4, 0.5) is 4.79 Å². The van der Waals surface area contributed by atoms with E-state index in [-0.39, 0.29) is 16.5 Å². The molecular weight excluding hydrogens is 376 g/mol. The molecule has 1 amide bonds. The number of rotatable bonds is 6.